The summed E-state index contributed by atoms with van der Waals surface area (Å²) in [5.74, 6) is 0. The molecule has 0 saturated heterocycles. The second kappa shape index (κ2) is 5.35. The summed E-state index contributed by atoms with van der Waals surface area (Å²) in [4.78, 5) is 0. The molecule has 2 aromatic carbocycles. The van der Waals surface area contributed by atoms with Crippen LogP contribution < -0.4 is 5.32 Å². The number of hydrogen-bond donors (Lipinski definition) is 1. The van der Waals surface area contributed by atoms with E-state index >= 15 is 0 Å². The molecule has 0 spiro atoms. The van der Waals surface area contributed by atoms with Crippen LogP contribution in [-0.2, 0) is 0 Å². The lowest BCUT2D eigenvalue weighted by Crippen LogP contribution is -2.17. The zero-order chi connectivity index (χ0) is 12.3. The summed E-state index contributed by atoms with van der Waals surface area (Å²) in [6.07, 6.45) is 0. The zero-order valence-electron chi connectivity index (χ0n) is 10.1. The van der Waals surface area contributed by atoms with Gasteiger partial charge in [0.25, 0.3) is 0 Å². The molecule has 0 amide bonds. The molecule has 0 saturated carbocycles. The van der Waals surface area contributed by atoms with Crippen molar-refractivity contribution in [3.05, 3.63) is 70.2 Å². The smallest absolute Gasteiger partial charge is 0.0574 e. The van der Waals surface area contributed by atoms with Gasteiger partial charge in [-0.1, -0.05) is 53.6 Å². The van der Waals surface area contributed by atoms with Gasteiger partial charge in [-0.3, -0.25) is 0 Å². The van der Waals surface area contributed by atoms with Crippen LogP contribution in [0.15, 0.2) is 48.5 Å². The van der Waals surface area contributed by atoms with Gasteiger partial charge in [0.2, 0.25) is 0 Å². The average Bonchev–Trinajstić information content (AvgIpc) is 2.30. The Morgan fingerprint density at radius 1 is 1.00 bits per heavy atom. The molecule has 0 bridgehead atoms. The molecule has 0 radical (unpaired) electrons. The summed E-state index contributed by atoms with van der Waals surface area (Å²) in [5.41, 5.74) is 3.71. The van der Waals surface area contributed by atoms with Crippen molar-refractivity contribution in [3.63, 3.8) is 0 Å². The van der Waals surface area contributed by atoms with Crippen LogP contribution in [0.25, 0.3) is 0 Å². The molecule has 1 atom stereocenters. The Kier molecular flexibility index (Phi) is 3.82. The Hall–Kier alpha value is -1.31. The summed E-state index contributed by atoms with van der Waals surface area (Å²) in [6.45, 7) is 2.11. The molecule has 0 aliphatic heterocycles. The van der Waals surface area contributed by atoms with E-state index in [1.165, 1.54) is 16.7 Å². The molecular weight excluding hydrogens is 230 g/mol. The van der Waals surface area contributed by atoms with Crippen molar-refractivity contribution in [2.24, 2.45) is 0 Å². The van der Waals surface area contributed by atoms with Crippen LogP contribution in [0.1, 0.15) is 22.7 Å². The normalized spacial score (nSPS) is 12.4. The zero-order valence-corrected chi connectivity index (χ0v) is 10.8. The van der Waals surface area contributed by atoms with Crippen molar-refractivity contribution in [1.82, 2.24) is 5.32 Å². The van der Waals surface area contributed by atoms with Gasteiger partial charge < -0.3 is 5.32 Å². The number of hydrogen-bond acceptors (Lipinski definition) is 1. The molecule has 0 aliphatic rings. The fourth-order valence-corrected chi connectivity index (χ4v) is 2.26. The Morgan fingerprint density at radius 2 is 1.65 bits per heavy atom. The summed E-state index contributed by atoms with van der Waals surface area (Å²) in [7, 11) is 1.97. The SMILES string of the molecule is CNC(c1cccc(C)c1)c1cccc(Cl)c1. The van der Waals surface area contributed by atoms with E-state index in [1.54, 1.807) is 0 Å². The molecular formula is C15H16ClN. The molecule has 0 aromatic heterocycles. The van der Waals surface area contributed by atoms with Gasteiger partial charge >= 0.3 is 0 Å². The standard InChI is InChI=1S/C15H16ClN/c1-11-5-3-6-12(9-11)15(17-2)13-7-4-8-14(16)10-13/h3-10,15,17H,1-2H3. The molecule has 17 heavy (non-hydrogen) atoms. The molecule has 88 valence electrons. The van der Waals surface area contributed by atoms with E-state index in [2.05, 4.69) is 42.6 Å². The third kappa shape index (κ3) is 2.87. The average molecular weight is 246 g/mol. The van der Waals surface area contributed by atoms with Crippen LogP contribution in [0, 0.1) is 6.92 Å². The lowest BCUT2D eigenvalue weighted by molar-refractivity contribution is 0.691. The Labute approximate surface area is 107 Å². The van der Waals surface area contributed by atoms with Gasteiger partial charge in [-0.15, -0.1) is 0 Å². The number of halogens is 1. The molecule has 1 N–H and O–H groups in total. The van der Waals surface area contributed by atoms with E-state index in [9.17, 15) is 0 Å². The van der Waals surface area contributed by atoms with E-state index < -0.39 is 0 Å². The summed E-state index contributed by atoms with van der Waals surface area (Å²) in [5, 5.41) is 4.10. The van der Waals surface area contributed by atoms with Crippen molar-refractivity contribution in [2.75, 3.05) is 7.05 Å². The predicted octanol–water partition coefficient (Wildman–Crippen LogP) is 3.96. The minimum Gasteiger partial charge on any atom is -0.309 e. The van der Waals surface area contributed by atoms with Gasteiger partial charge in [0.05, 0.1) is 6.04 Å². The van der Waals surface area contributed by atoms with Crippen LogP contribution in [0.4, 0.5) is 0 Å². The van der Waals surface area contributed by atoms with E-state index in [-0.39, 0.29) is 6.04 Å². The van der Waals surface area contributed by atoms with E-state index in [1.807, 2.05) is 25.2 Å². The highest BCUT2D eigenvalue weighted by atomic mass is 35.5. The van der Waals surface area contributed by atoms with Crippen LogP contribution in [0.5, 0.6) is 0 Å². The van der Waals surface area contributed by atoms with Crippen molar-refractivity contribution in [3.8, 4) is 0 Å². The lowest BCUT2D eigenvalue weighted by atomic mass is 9.97. The van der Waals surface area contributed by atoms with Gasteiger partial charge in [0, 0.05) is 5.02 Å². The highest BCUT2D eigenvalue weighted by molar-refractivity contribution is 6.30. The predicted molar refractivity (Wildman–Crippen MR) is 73.5 cm³/mol. The first-order valence-corrected chi connectivity index (χ1v) is 6.08. The number of benzene rings is 2. The topological polar surface area (TPSA) is 12.0 Å². The van der Waals surface area contributed by atoms with Gasteiger partial charge in [-0.25, -0.2) is 0 Å². The largest absolute Gasteiger partial charge is 0.309 e. The second-order valence-electron chi connectivity index (χ2n) is 4.19. The quantitative estimate of drug-likeness (QED) is 0.863. The van der Waals surface area contributed by atoms with Crippen LogP contribution in [0.2, 0.25) is 5.02 Å². The van der Waals surface area contributed by atoms with Crippen molar-refractivity contribution < 1.29 is 0 Å². The van der Waals surface area contributed by atoms with Gasteiger partial charge in [0.1, 0.15) is 0 Å². The minimum absolute atomic E-state index is 0.189. The van der Waals surface area contributed by atoms with E-state index in [0.29, 0.717) is 0 Å². The molecule has 1 unspecified atom stereocenters. The highest BCUT2D eigenvalue weighted by Gasteiger charge is 2.11. The Morgan fingerprint density at radius 3 is 2.24 bits per heavy atom. The van der Waals surface area contributed by atoms with Gasteiger partial charge in [-0.2, -0.15) is 0 Å². The summed E-state index contributed by atoms with van der Waals surface area (Å²) < 4.78 is 0. The number of aryl methyl sites for hydroxylation is 1. The Bertz CT molecular complexity index is 462. The fraction of sp³-hybridized carbons (Fsp3) is 0.200. The third-order valence-corrected chi connectivity index (χ3v) is 3.08. The molecule has 0 aliphatic carbocycles. The van der Waals surface area contributed by atoms with Crippen LogP contribution >= 0.6 is 11.6 Å². The van der Waals surface area contributed by atoms with Crippen molar-refractivity contribution in [2.45, 2.75) is 13.0 Å². The first-order chi connectivity index (χ1) is 8.20. The maximum absolute atomic E-state index is 6.04. The van der Waals surface area contributed by atoms with E-state index in [4.69, 9.17) is 11.6 Å². The minimum atomic E-state index is 0.189. The highest BCUT2D eigenvalue weighted by Crippen LogP contribution is 2.24. The number of rotatable bonds is 3. The molecule has 1 nitrogen and oxygen atoms in total. The fourth-order valence-electron chi connectivity index (χ4n) is 2.06. The van der Waals surface area contributed by atoms with E-state index in [0.717, 1.165) is 5.02 Å². The first-order valence-electron chi connectivity index (χ1n) is 5.70. The van der Waals surface area contributed by atoms with Gasteiger partial charge in [-0.05, 0) is 37.2 Å². The number of nitrogens with one attached hydrogen (secondary N) is 1. The second-order valence-corrected chi connectivity index (χ2v) is 4.63. The Balaban J connectivity index is 2.40. The maximum Gasteiger partial charge on any atom is 0.0574 e. The van der Waals surface area contributed by atoms with Crippen LogP contribution in [-0.4, -0.2) is 7.05 Å². The first kappa shape index (κ1) is 12.2. The van der Waals surface area contributed by atoms with Gasteiger partial charge in [0.15, 0.2) is 0 Å². The molecule has 2 aromatic rings. The monoisotopic (exact) mass is 245 g/mol. The molecule has 2 heteroatoms. The lowest BCUT2D eigenvalue weighted by Gasteiger charge is -2.18. The molecule has 0 fully saturated rings. The third-order valence-electron chi connectivity index (χ3n) is 2.85. The van der Waals surface area contributed by atoms with Crippen molar-refractivity contribution >= 4 is 11.6 Å². The molecule has 0 heterocycles. The maximum atomic E-state index is 6.04. The summed E-state index contributed by atoms with van der Waals surface area (Å²) >= 11 is 6.04. The van der Waals surface area contributed by atoms with Crippen LogP contribution in [0.3, 0.4) is 0 Å². The van der Waals surface area contributed by atoms with Crippen molar-refractivity contribution in [1.29, 1.82) is 0 Å². The summed E-state index contributed by atoms with van der Waals surface area (Å²) in [6, 6.07) is 16.7. The molecule has 2 rings (SSSR count).